The lowest BCUT2D eigenvalue weighted by atomic mass is 10.2. The first-order valence-corrected chi connectivity index (χ1v) is 5.38. The van der Waals surface area contributed by atoms with Crippen molar-refractivity contribution >= 4 is 12.4 Å². The van der Waals surface area contributed by atoms with Gasteiger partial charge in [0.2, 0.25) is 0 Å². The summed E-state index contributed by atoms with van der Waals surface area (Å²) in [5.74, 6) is 0.932. The predicted molar refractivity (Wildman–Crippen MR) is 71.6 cm³/mol. The van der Waals surface area contributed by atoms with Gasteiger partial charge in [-0.3, -0.25) is 0 Å². The maximum atomic E-state index is 5.54. The molecular weight excluding hydrogens is 222 g/mol. The van der Waals surface area contributed by atoms with Crippen molar-refractivity contribution in [2.75, 3.05) is 20.2 Å². The van der Waals surface area contributed by atoms with Crippen LogP contribution in [0.1, 0.15) is 12.5 Å². The van der Waals surface area contributed by atoms with E-state index in [1.165, 1.54) is 5.56 Å². The summed E-state index contributed by atoms with van der Waals surface area (Å²) in [6, 6.07) is 8.24. The fourth-order valence-corrected chi connectivity index (χ4v) is 1.23. The second kappa shape index (κ2) is 9.25. The molecular formula is C13H20ClNO. The van der Waals surface area contributed by atoms with Gasteiger partial charge in [0, 0.05) is 6.54 Å². The predicted octanol–water partition coefficient (Wildman–Crippen LogP) is 2.83. The summed E-state index contributed by atoms with van der Waals surface area (Å²) >= 11 is 0. The minimum absolute atomic E-state index is 0. The Morgan fingerprint density at radius 1 is 1.19 bits per heavy atom. The molecule has 0 radical (unpaired) electrons. The molecule has 0 unspecified atom stereocenters. The topological polar surface area (TPSA) is 21.3 Å². The minimum atomic E-state index is 0. The van der Waals surface area contributed by atoms with Crippen molar-refractivity contribution < 1.29 is 4.74 Å². The van der Waals surface area contributed by atoms with Crippen LogP contribution < -0.4 is 10.1 Å². The Labute approximate surface area is 104 Å². The Morgan fingerprint density at radius 2 is 1.88 bits per heavy atom. The summed E-state index contributed by atoms with van der Waals surface area (Å²) in [6.07, 6.45) is 5.15. The molecule has 0 saturated heterocycles. The maximum absolute atomic E-state index is 5.54. The van der Waals surface area contributed by atoms with Crippen LogP contribution in [0.2, 0.25) is 0 Å². The van der Waals surface area contributed by atoms with Crippen LogP contribution in [0.15, 0.2) is 36.4 Å². The number of aryl methyl sites for hydroxylation is 1. The van der Waals surface area contributed by atoms with Crippen LogP contribution >= 0.6 is 12.4 Å². The molecule has 0 aromatic heterocycles. The van der Waals surface area contributed by atoms with Gasteiger partial charge in [-0.1, -0.05) is 31.2 Å². The monoisotopic (exact) mass is 241 g/mol. The van der Waals surface area contributed by atoms with Crippen molar-refractivity contribution in [3.8, 4) is 5.75 Å². The first-order chi connectivity index (χ1) is 7.36. The highest BCUT2D eigenvalue weighted by molar-refractivity contribution is 5.85. The summed E-state index contributed by atoms with van der Waals surface area (Å²) in [5.41, 5.74) is 1.34. The number of nitrogens with one attached hydrogen (secondary N) is 1. The van der Waals surface area contributed by atoms with Crippen LogP contribution in [0.25, 0.3) is 0 Å². The normalized spacial score (nSPS) is 10.1. The third-order valence-corrected chi connectivity index (χ3v) is 2.17. The van der Waals surface area contributed by atoms with Crippen LogP contribution in [0.3, 0.4) is 0 Å². The standard InChI is InChI=1S/C13H19NO.ClH/c1-3-12-6-8-13(9-7-12)15-11-5-4-10-14-2;/h4-9,14H,3,10-11H2,1-2H3;1H/b5-4+;. The zero-order valence-electron chi connectivity index (χ0n) is 9.90. The molecule has 0 amide bonds. The zero-order chi connectivity index (χ0) is 10.9. The van der Waals surface area contributed by atoms with Gasteiger partial charge in [-0.05, 0) is 31.2 Å². The smallest absolute Gasteiger partial charge is 0.119 e. The van der Waals surface area contributed by atoms with Crippen LogP contribution in [-0.2, 0) is 6.42 Å². The third kappa shape index (κ3) is 5.79. The molecule has 1 N–H and O–H groups in total. The Hall–Kier alpha value is -0.990. The summed E-state index contributed by atoms with van der Waals surface area (Å²) in [6.45, 7) is 3.67. The lowest BCUT2D eigenvalue weighted by molar-refractivity contribution is 0.362. The van der Waals surface area contributed by atoms with Gasteiger partial charge in [0.25, 0.3) is 0 Å². The average Bonchev–Trinajstić information content (AvgIpc) is 2.30. The Morgan fingerprint density at radius 3 is 2.44 bits per heavy atom. The van der Waals surface area contributed by atoms with Crippen molar-refractivity contribution in [3.63, 3.8) is 0 Å². The maximum Gasteiger partial charge on any atom is 0.119 e. The summed E-state index contributed by atoms with van der Waals surface area (Å²) in [4.78, 5) is 0. The van der Waals surface area contributed by atoms with Crippen molar-refractivity contribution in [2.24, 2.45) is 0 Å². The average molecular weight is 242 g/mol. The van der Waals surface area contributed by atoms with Gasteiger partial charge < -0.3 is 10.1 Å². The quantitative estimate of drug-likeness (QED) is 0.774. The Bertz CT molecular complexity index is 295. The molecule has 0 fully saturated rings. The van der Waals surface area contributed by atoms with Gasteiger partial charge in [0.05, 0.1) is 0 Å². The third-order valence-electron chi connectivity index (χ3n) is 2.17. The van der Waals surface area contributed by atoms with Gasteiger partial charge in [0.1, 0.15) is 12.4 Å². The largest absolute Gasteiger partial charge is 0.490 e. The van der Waals surface area contributed by atoms with E-state index in [-0.39, 0.29) is 12.4 Å². The van der Waals surface area contributed by atoms with Gasteiger partial charge in [-0.2, -0.15) is 0 Å². The highest BCUT2D eigenvalue weighted by Gasteiger charge is 1.91. The molecule has 1 aromatic carbocycles. The van der Waals surface area contributed by atoms with Crippen LogP contribution in [-0.4, -0.2) is 20.2 Å². The molecule has 0 aliphatic rings. The number of halogens is 1. The van der Waals surface area contributed by atoms with Gasteiger partial charge in [-0.15, -0.1) is 12.4 Å². The molecule has 16 heavy (non-hydrogen) atoms. The zero-order valence-corrected chi connectivity index (χ0v) is 10.7. The molecule has 0 heterocycles. The fourth-order valence-electron chi connectivity index (χ4n) is 1.23. The van der Waals surface area contributed by atoms with E-state index >= 15 is 0 Å². The molecule has 0 spiro atoms. The van der Waals surface area contributed by atoms with Crippen LogP contribution in [0.4, 0.5) is 0 Å². The number of hydrogen-bond donors (Lipinski definition) is 1. The lowest BCUT2D eigenvalue weighted by Gasteiger charge is -2.03. The summed E-state index contributed by atoms with van der Waals surface area (Å²) < 4.78 is 5.54. The van der Waals surface area contributed by atoms with E-state index in [0.29, 0.717) is 6.61 Å². The fraction of sp³-hybridized carbons (Fsp3) is 0.385. The van der Waals surface area contributed by atoms with E-state index in [1.54, 1.807) is 0 Å². The SMILES string of the molecule is CCc1ccc(OC/C=C/CNC)cc1.Cl. The molecule has 0 aliphatic carbocycles. The molecule has 0 saturated carbocycles. The second-order valence-electron chi connectivity index (χ2n) is 3.34. The number of likely N-dealkylation sites (N-methyl/N-ethyl adjacent to an activating group) is 1. The van der Waals surface area contributed by atoms with E-state index in [2.05, 4.69) is 30.4 Å². The lowest BCUT2D eigenvalue weighted by Crippen LogP contribution is -2.04. The number of hydrogen-bond acceptors (Lipinski definition) is 2. The second-order valence-corrected chi connectivity index (χ2v) is 3.34. The number of benzene rings is 1. The van der Waals surface area contributed by atoms with Gasteiger partial charge >= 0.3 is 0 Å². The Balaban J connectivity index is 0.00000225. The molecule has 3 heteroatoms. The van der Waals surface area contributed by atoms with E-state index in [0.717, 1.165) is 18.7 Å². The van der Waals surface area contributed by atoms with Crippen molar-refractivity contribution in [1.29, 1.82) is 0 Å². The van der Waals surface area contributed by atoms with Crippen LogP contribution in [0.5, 0.6) is 5.75 Å². The van der Waals surface area contributed by atoms with Crippen molar-refractivity contribution in [1.82, 2.24) is 5.32 Å². The summed E-state index contributed by atoms with van der Waals surface area (Å²) in [5, 5.41) is 3.04. The van der Waals surface area contributed by atoms with Crippen molar-refractivity contribution in [3.05, 3.63) is 42.0 Å². The van der Waals surface area contributed by atoms with Crippen molar-refractivity contribution in [2.45, 2.75) is 13.3 Å². The molecule has 0 aliphatic heterocycles. The van der Waals surface area contributed by atoms with E-state index in [4.69, 9.17) is 4.74 Å². The highest BCUT2D eigenvalue weighted by Crippen LogP contribution is 2.12. The number of rotatable bonds is 6. The van der Waals surface area contributed by atoms with Crippen LogP contribution in [0, 0.1) is 0 Å². The minimum Gasteiger partial charge on any atom is -0.490 e. The first kappa shape index (κ1) is 15.0. The number of ether oxygens (including phenoxy) is 1. The first-order valence-electron chi connectivity index (χ1n) is 5.38. The van der Waals surface area contributed by atoms with Gasteiger partial charge in [0.15, 0.2) is 0 Å². The van der Waals surface area contributed by atoms with E-state index in [1.807, 2.05) is 25.3 Å². The molecule has 2 nitrogen and oxygen atoms in total. The summed E-state index contributed by atoms with van der Waals surface area (Å²) in [7, 11) is 1.93. The highest BCUT2D eigenvalue weighted by atomic mass is 35.5. The molecule has 0 bridgehead atoms. The van der Waals surface area contributed by atoms with Gasteiger partial charge in [-0.25, -0.2) is 0 Å². The Kier molecular flexibility index (Phi) is 8.68. The molecule has 1 aromatic rings. The molecule has 90 valence electrons. The van der Waals surface area contributed by atoms with E-state index in [9.17, 15) is 0 Å². The molecule has 1 rings (SSSR count). The van der Waals surface area contributed by atoms with E-state index < -0.39 is 0 Å². The molecule has 0 atom stereocenters.